The summed E-state index contributed by atoms with van der Waals surface area (Å²) in [6, 6.07) is 9.13. The first-order valence-electron chi connectivity index (χ1n) is 8.67. The van der Waals surface area contributed by atoms with Gasteiger partial charge in [-0.2, -0.15) is 9.49 Å². The summed E-state index contributed by atoms with van der Waals surface area (Å²) >= 11 is 3.51. The molecule has 0 aliphatic heterocycles. The summed E-state index contributed by atoms with van der Waals surface area (Å²) in [5.74, 6) is 0.505. The average Bonchev–Trinajstić information content (AvgIpc) is 2.87. The monoisotopic (exact) mass is 455 g/mol. The second-order valence-electron chi connectivity index (χ2n) is 10.1. The number of nitrogens with zero attached hydrogens (tertiary/aromatic N) is 3. The van der Waals surface area contributed by atoms with Crippen molar-refractivity contribution in [3.8, 4) is 11.3 Å². The number of benzene rings is 1. The first-order chi connectivity index (χ1) is 12.3. The molecule has 3 rings (SSSR count). The van der Waals surface area contributed by atoms with Crippen LogP contribution in [-0.4, -0.2) is 58.4 Å². The van der Waals surface area contributed by atoms with E-state index in [2.05, 4.69) is 52.2 Å². The lowest BCUT2D eigenvalue weighted by Crippen LogP contribution is -2.35. The molecule has 0 N–H and O–H groups in total. The van der Waals surface area contributed by atoms with Gasteiger partial charge in [-0.05, 0) is 61.3 Å². The van der Waals surface area contributed by atoms with E-state index < -0.39 is 14.2 Å². The SMILES string of the molecule is CS(C)(C)(C)(C)CCOCn1nc(-c2ccnc(F)c2)c2cc(Br)ccc21. The lowest BCUT2D eigenvalue weighted by atomic mass is 10.1. The van der Waals surface area contributed by atoms with E-state index in [-0.39, 0.29) is 0 Å². The Bertz CT molecular complexity index is 996. The number of hydrogen-bond acceptors (Lipinski definition) is 3. The highest BCUT2D eigenvalue weighted by Crippen LogP contribution is 2.74. The summed E-state index contributed by atoms with van der Waals surface area (Å²) in [5, 5.41) is 5.64. The van der Waals surface area contributed by atoms with Gasteiger partial charge in [-0.3, -0.25) is 8.29 Å². The maximum absolute atomic E-state index is 13.6. The zero-order valence-electron chi connectivity index (χ0n) is 16.5. The first-order valence-corrected chi connectivity index (χ1v) is 14.1. The number of halogens is 2. The van der Waals surface area contributed by atoms with Crippen LogP contribution in [0.2, 0.25) is 0 Å². The largest absolute Gasteiger partial charge is 0.358 e. The van der Waals surface area contributed by atoms with Crippen LogP contribution in [0, 0.1) is 5.95 Å². The first kappa shape index (κ1) is 20.3. The average molecular weight is 456 g/mol. The molecule has 0 atom stereocenters. The van der Waals surface area contributed by atoms with E-state index in [1.165, 1.54) is 12.3 Å². The predicted molar refractivity (Wildman–Crippen MR) is 119 cm³/mol. The minimum absolute atomic E-state index is 0.361. The zero-order chi connectivity index (χ0) is 19.9. The van der Waals surface area contributed by atoms with Gasteiger partial charge < -0.3 is 4.74 Å². The van der Waals surface area contributed by atoms with E-state index in [1.54, 1.807) is 6.07 Å². The van der Waals surface area contributed by atoms with Crippen LogP contribution in [0.15, 0.2) is 41.0 Å². The topological polar surface area (TPSA) is 39.9 Å². The highest BCUT2D eigenvalue weighted by molar-refractivity contribution is 9.10. The number of aromatic nitrogens is 3. The summed E-state index contributed by atoms with van der Waals surface area (Å²) in [7, 11) is -2.02. The van der Waals surface area contributed by atoms with Gasteiger partial charge in [0.25, 0.3) is 0 Å². The fourth-order valence-corrected chi connectivity index (χ4v) is 3.95. The highest BCUT2D eigenvalue weighted by Gasteiger charge is 2.36. The fourth-order valence-electron chi connectivity index (χ4n) is 2.64. The van der Waals surface area contributed by atoms with Crippen LogP contribution >= 0.6 is 24.2 Å². The summed E-state index contributed by atoms with van der Waals surface area (Å²) in [6.45, 7) is 1.04. The van der Waals surface area contributed by atoms with Crippen molar-refractivity contribution in [3.63, 3.8) is 0 Å². The molecule has 1 aromatic carbocycles. The number of hydrogen-bond donors (Lipinski definition) is 0. The Balaban J connectivity index is 1.89. The predicted octanol–water partition coefficient (Wildman–Crippen LogP) is 5.00. The Kier molecular flexibility index (Phi) is 4.73. The van der Waals surface area contributed by atoms with Gasteiger partial charge in [-0.25, -0.2) is 9.67 Å². The van der Waals surface area contributed by atoms with Crippen molar-refractivity contribution in [2.45, 2.75) is 6.73 Å². The molecule has 0 aliphatic carbocycles. The van der Waals surface area contributed by atoms with Crippen molar-refractivity contribution in [1.82, 2.24) is 14.8 Å². The molecule has 0 radical (unpaired) electrons. The van der Waals surface area contributed by atoms with Gasteiger partial charge in [0, 0.05) is 27.7 Å². The Morgan fingerprint density at radius 1 is 1.11 bits per heavy atom. The van der Waals surface area contributed by atoms with E-state index in [4.69, 9.17) is 9.84 Å². The van der Waals surface area contributed by atoms with Gasteiger partial charge in [0.2, 0.25) is 5.95 Å². The van der Waals surface area contributed by atoms with Crippen molar-refractivity contribution in [2.24, 2.45) is 0 Å². The summed E-state index contributed by atoms with van der Waals surface area (Å²) < 4.78 is 22.3. The number of fused-ring (bicyclic) bond motifs is 1. The molecule has 0 bridgehead atoms. The number of rotatable bonds is 6. The van der Waals surface area contributed by atoms with Crippen LogP contribution in [0.1, 0.15) is 0 Å². The molecule has 2 aromatic heterocycles. The van der Waals surface area contributed by atoms with E-state index in [0.717, 1.165) is 26.8 Å². The van der Waals surface area contributed by atoms with Crippen molar-refractivity contribution in [1.29, 1.82) is 0 Å². The maximum atomic E-state index is 13.6. The molecule has 0 unspecified atom stereocenters. The number of pyridine rings is 1. The molecule has 0 fully saturated rings. The third-order valence-electron chi connectivity index (χ3n) is 4.17. The Hall–Kier alpha value is -1.44. The molecular weight excluding hydrogens is 429 g/mol. The van der Waals surface area contributed by atoms with E-state index in [1.807, 2.05) is 22.9 Å². The smallest absolute Gasteiger partial charge is 0.213 e. The standard InChI is InChI=1S/C20H27BrFN3OS/c1-27(2,3,4,5)11-10-26-14-25-18-7-6-16(21)13-17(18)20(24-25)15-8-9-23-19(22)12-15/h6-9,12-13H,10-11,14H2,1-5H3. The zero-order valence-corrected chi connectivity index (χ0v) is 18.9. The molecule has 148 valence electrons. The molecule has 0 amide bonds. The molecule has 2 heterocycles. The van der Waals surface area contributed by atoms with Gasteiger partial charge in [0.15, 0.2) is 0 Å². The molecule has 4 nitrogen and oxygen atoms in total. The molecule has 27 heavy (non-hydrogen) atoms. The lowest BCUT2D eigenvalue weighted by Gasteiger charge is -2.65. The molecule has 0 aliphatic rings. The van der Waals surface area contributed by atoms with Crippen molar-refractivity contribution >= 4 is 35.1 Å². The van der Waals surface area contributed by atoms with Crippen LogP contribution in [0.3, 0.4) is 0 Å². The third kappa shape index (κ3) is 5.53. The fraction of sp³-hybridized carbons (Fsp3) is 0.400. The summed E-state index contributed by atoms with van der Waals surface area (Å²) in [4.78, 5) is 3.63. The summed E-state index contributed by atoms with van der Waals surface area (Å²) in [6.07, 6.45) is 13.2. The third-order valence-corrected chi connectivity index (χ3v) is 6.88. The highest BCUT2D eigenvalue weighted by atomic mass is 79.9. The van der Waals surface area contributed by atoms with E-state index in [9.17, 15) is 4.39 Å². The van der Waals surface area contributed by atoms with Crippen molar-refractivity contribution < 1.29 is 9.13 Å². The summed E-state index contributed by atoms with van der Waals surface area (Å²) in [5.41, 5.74) is 2.37. The van der Waals surface area contributed by atoms with Crippen LogP contribution < -0.4 is 0 Å². The Morgan fingerprint density at radius 2 is 1.85 bits per heavy atom. The normalized spacial score (nSPS) is 14.9. The van der Waals surface area contributed by atoms with Crippen LogP contribution in [0.4, 0.5) is 4.39 Å². The molecule has 0 saturated heterocycles. The van der Waals surface area contributed by atoms with E-state index in [0.29, 0.717) is 18.9 Å². The van der Waals surface area contributed by atoms with Crippen LogP contribution in [0.5, 0.6) is 0 Å². The minimum Gasteiger partial charge on any atom is -0.358 e. The van der Waals surface area contributed by atoms with Crippen LogP contribution in [0.25, 0.3) is 22.2 Å². The Labute approximate surface area is 167 Å². The maximum Gasteiger partial charge on any atom is 0.213 e. The Morgan fingerprint density at radius 3 is 2.52 bits per heavy atom. The van der Waals surface area contributed by atoms with Gasteiger partial charge in [-0.15, -0.1) is 0 Å². The van der Waals surface area contributed by atoms with Gasteiger partial charge in [0.1, 0.15) is 12.4 Å². The van der Waals surface area contributed by atoms with Gasteiger partial charge >= 0.3 is 0 Å². The van der Waals surface area contributed by atoms with Gasteiger partial charge in [0.05, 0.1) is 12.1 Å². The van der Waals surface area contributed by atoms with Crippen LogP contribution in [-0.2, 0) is 11.5 Å². The van der Waals surface area contributed by atoms with Crippen molar-refractivity contribution in [3.05, 3.63) is 46.9 Å². The molecule has 3 aromatic rings. The van der Waals surface area contributed by atoms with Gasteiger partial charge in [-0.1, -0.05) is 15.9 Å². The lowest BCUT2D eigenvalue weighted by molar-refractivity contribution is 0.0839. The van der Waals surface area contributed by atoms with Crippen molar-refractivity contribution in [2.75, 3.05) is 43.6 Å². The van der Waals surface area contributed by atoms with E-state index >= 15 is 0 Å². The molecule has 7 heteroatoms. The molecule has 0 saturated carbocycles. The molecule has 0 spiro atoms. The number of ether oxygens (including phenoxy) is 1. The molecular formula is C20H27BrFN3OS. The second kappa shape index (κ2) is 6.29. The minimum atomic E-state index is -2.02. The quantitative estimate of drug-likeness (QED) is 0.387. The second-order valence-corrected chi connectivity index (χ2v) is 22.5.